The van der Waals surface area contributed by atoms with Crippen molar-refractivity contribution < 1.29 is 19.4 Å². The summed E-state index contributed by atoms with van der Waals surface area (Å²) >= 11 is 0. The molecule has 0 radical (unpaired) electrons. The fourth-order valence-electron chi connectivity index (χ4n) is 3.44. The number of para-hydroxylation sites is 1. The van der Waals surface area contributed by atoms with Crippen LogP contribution in [0.2, 0.25) is 0 Å². The quantitative estimate of drug-likeness (QED) is 0.515. The van der Waals surface area contributed by atoms with Crippen molar-refractivity contribution in [1.29, 1.82) is 0 Å². The summed E-state index contributed by atoms with van der Waals surface area (Å²) in [5.74, 6) is -0.264. The summed E-state index contributed by atoms with van der Waals surface area (Å²) in [5.41, 5.74) is 1.61. The van der Waals surface area contributed by atoms with Crippen molar-refractivity contribution in [3.8, 4) is 5.75 Å². The molecule has 0 aliphatic carbocycles. The molecule has 0 fully saturated rings. The lowest BCUT2D eigenvalue weighted by Gasteiger charge is -2.22. The summed E-state index contributed by atoms with van der Waals surface area (Å²) in [4.78, 5) is 31.4. The molecule has 0 bridgehead atoms. The molecule has 7 nitrogen and oxygen atoms in total. The van der Waals surface area contributed by atoms with Crippen molar-refractivity contribution in [3.63, 3.8) is 0 Å². The third kappa shape index (κ3) is 4.94. The summed E-state index contributed by atoms with van der Waals surface area (Å²) in [6.45, 7) is 5.70. The Balaban J connectivity index is 1.97. The molecule has 0 spiro atoms. The Morgan fingerprint density at radius 2 is 1.87 bits per heavy atom. The number of hydrogen-bond donors (Lipinski definition) is 2. The molecule has 3 aromatic rings. The molecule has 1 aromatic heterocycles. The van der Waals surface area contributed by atoms with Gasteiger partial charge < -0.3 is 20.1 Å². The number of nitrogens with one attached hydrogen (secondary N) is 1. The van der Waals surface area contributed by atoms with Crippen LogP contribution in [0.15, 0.2) is 48.5 Å². The van der Waals surface area contributed by atoms with Crippen LogP contribution < -0.4 is 15.0 Å². The molecule has 31 heavy (non-hydrogen) atoms. The predicted octanol–water partition coefficient (Wildman–Crippen LogP) is 4.82. The van der Waals surface area contributed by atoms with Gasteiger partial charge in [0, 0.05) is 24.2 Å². The Morgan fingerprint density at radius 1 is 1.10 bits per heavy atom. The van der Waals surface area contributed by atoms with E-state index in [1.807, 2.05) is 6.92 Å². The Labute approximate surface area is 181 Å². The average Bonchev–Trinajstić information content (AvgIpc) is 2.78. The van der Waals surface area contributed by atoms with Crippen molar-refractivity contribution in [2.45, 2.75) is 26.7 Å². The van der Waals surface area contributed by atoms with Crippen molar-refractivity contribution in [1.82, 2.24) is 4.98 Å². The zero-order chi connectivity index (χ0) is 22.4. The molecule has 7 heteroatoms. The van der Waals surface area contributed by atoms with Gasteiger partial charge in [0.05, 0.1) is 23.8 Å². The van der Waals surface area contributed by atoms with E-state index in [0.29, 0.717) is 33.7 Å². The van der Waals surface area contributed by atoms with E-state index in [1.54, 1.807) is 48.5 Å². The Morgan fingerprint density at radius 3 is 2.55 bits per heavy atom. The molecule has 162 valence electrons. The number of pyridine rings is 1. The fourth-order valence-corrected chi connectivity index (χ4v) is 3.44. The van der Waals surface area contributed by atoms with Gasteiger partial charge in [0.2, 0.25) is 0 Å². The van der Waals surface area contributed by atoms with E-state index in [1.165, 1.54) is 7.11 Å². The Hall–Kier alpha value is -3.61. The first-order chi connectivity index (χ1) is 15.0. The summed E-state index contributed by atoms with van der Waals surface area (Å²) in [6, 6.07) is 13.6. The van der Waals surface area contributed by atoms with Crippen molar-refractivity contribution in [3.05, 3.63) is 59.7 Å². The first kappa shape index (κ1) is 22.1. The predicted molar refractivity (Wildman–Crippen MR) is 122 cm³/mol. The van der Waals surface area contributed by atoms with E-state index in [0.717, 1.165) is 25.9 Å². The lowest BCUT2D eigenvalue weighted by Crippen LogP contribution is -2.25. The van der Waals surface area contributed by atoms with Crippen LogP contribution in [0.5, 0.6) is 5.75 Å². The summed E-state index contributed by atoms with van der Waals surface area (Å²) < 4.78 is 5.25. The molecular weight excluding hydrogens is 394 g/mol. The molecule has 2 N–H and O–H groups in total. The van der Waals surface area contributed by atoms with Crippen LogP contribution in [0, 0.1) is 0 Å². The van der Waals surface area contributed by atoms with Gasteiger partial charge in [-0.25, -0.2) is 9.78 Å². The lowest BCUT2D eigenvalue weighted by molar-refractivity contribution is 0.0698. The number of carboxylic acid groups (broad SMARTS) is 1. The van der Waals surface area contributed by atoms with Crippen molar-refractivity contribution in [2.24, 2.45) is 0 Å². The number of unbranched alkanes of at least 4 members (excludes halogenated alkanes) is 1. The highest BCUT2D eigenvalue weighted by Crippen LogP contribution is 2.27. The number of nitrogens with zero attached hydrogens (tertiary/aromatic N) is 2. The van der Waals surface area contributed by atoms with Crippen LogP contribution in [0.4, 0.5) is 11.5 Å². The minimum Gasteiger partial charge on any atom is -0.496 e. The second-order valence-electron chi connectivity index (χ2n) is 7.15. The highest BCUT2D eigenvalue weighted by Gasteiger charge is 2.17. The van der Waals surface area contributed by atoms with Gasteiger partial charge in [-0.15, -0.1) is 0 Å². The van der Waals surface area contributed by atoms with E-state index in [9.17, 15) is 14.7 Å². The molecule has 0 aliphatic rings. The monoisotopic (exact) mass is 421 g/mol. The number of carbonyl (C=O) groups excluding carboxylic acids is 1. The van der Waals surface area contributed by atoms with Gasteiger partial charge in [0.1, 0.15) is 11.6 Å². The minimum absolute atomic E-state index is 0.156. The number of ether oxygens (including phenoxy) is 1. The second-order valence-corrected chi connectivity index (χ2v) is 7.15. The minimum atomic E-state index is -1.03. The molecule has 0 unspecified atom stereocenters. The zero-order valence-electron chi connectivity index (χ0n) is 18.0. The number of carboxylic acids is 1. The third-order valence-electron chi connectivity index (χ3n) is 5.12. The number of aromatic nitrogens is 1. The molecular formula is C24H27N3O4. The summed E-state index contributed by atoms with van der Waals surface area (Å²) in [5, 5.41) is 13.1. The fraction of sp³-hybridized carbons (Fsp3) is 0.292. The van der Waals surface area contributed by atoms with Gasteiger partial charge in [-0.05, 0) is 49.7 Å². The molecule has 0 saturated carbocycles. The number of fused-ring (bicyclic) bond motifs is 1. The van der Waals surface area contributed by atoms with Gasteiger partial charge in [-0.2, -0.15) is 0 Å². The molecule has 0 saturated heterocycles. The molecule has 1 heterocycles. The van der Waals surface area contributed by atoms with Crippen LogP contribution in [0.1, 0.15) is 47.4 Å². The molecule has 0 aliphatic heterocycles. The Kier molecular flexibility index (Phi) is 7.07. The first-order valence-corrected chi connectivity index (χ1v) is 10.4. The maximum atomic E-state index is 12.7. The first-order valence-electron chi connectivity index (χ1n) is 10.4. The van der Waals surface area contributed by atoms with E-state index in [2.05, 4.69) is 22.1 Å². The number of rotatable bonds is 9. The Bertz CT molecular complexity index is 1100. The maximum absolute atomic E-state index is 12.7. The van der Waals surface area contributed by atoms with Crippen LogP contribution in [-0.2, 0) is 0 Å². The van der Waals surface area contributed by atoms with Crippen molar-refractivity contribution >= 4 is 34.3 Å². The van der Waals surface area contributed by atoms with E-state index in [-0.39, 0.29) is 11.5 Å². The molecule has 3 rings (SSSR count). The molecule has 2 aromatic carbocycles. The zero-order valence-corrected chi connectivity index (χ0v) is 18.0. The average molecular weight is 421 g/mol. The highest BCUT2D eigenvalue weighted by atomic mass is 16.5. The van der Waals surface area contributed by atoms with Gasteiger partial charge in [-0.1, -0.05) is 25.5 Å². The largest absolute Gasteiger partial charge is 0.496 e. The van der Waals surface area contributed by atoms with Crippen LogP contribution in [0.25, 0.3) is 10.9 Å². The summed E-state index contributed by atoms with van der Waals surface area (Å²) in [6.07, 6.45) is 2.05. The van der Waals surface area contributed by atoms with Crippen molar-refractivity contribution in [2.75, 3.05) is 30.4 Å². The normalized spacial score (nSPS) is 10.7. The lowest BCUT2D eigenvalue weighted by atomic mass is 10.1. The smallest absolute Gasteiger partial charge is 0.336 e. The second kappa shape index (κ2) is 9.93. The van der Waals surface area contributed by atoms with Gasteiger partial charge in [0.25, 0.3) is 5.91 Å². The number of amides is 1. The van der Waals surface area contributed by atoms with Gasteiger partial charge in [-0.3, -0.25) is 4.79 Å². The van der Waals surface area contributed by atoms with Crippen LogP contribution >= 0.6 is 0 Å². The number of anilines is 2. The number of aromatic carboxylic acids is 1. The SMILES string of the molecule is CCCCN(CC)c1cc(C(=O)O)c2cc(NC(=O)c3ccccc3OC)ccc2n1. The van der Waals surface area contributed by atoms with Crippen LogP contribution in [0.3, 0.4) is 0 Å². The van der Waals surface area contributed by atoms with Crippen LogP contribution in [-0.4, -0.2) is 42.2 Å². The van der Waals surface area contributed by atoms with Gasteiger partial charge in [0.15, 0.2) is 0 Å². The number of methoxy groups -OCH3 is 1. The van der Waals surface area contributed by atoms with E-state index >= 15 is 0 Å². The topological polar surface area (TPSA) is 91.8 Å². The van der Waals surface area contributed by atoms with E-state index in [4.69, 9.17) is 4.74 Å². The van der Waals surface area contributed by atoms with E-state index < -0.39 is 5.97 Å². The molecule has 1 amide bonds. The maximum Gasteiger partial charge on any atom is 0.336 e. The summed E-state index contributed by atoms with van der Waals surface area (Å²) in [7, 11) is 1.50. The standard InChI is InChI=1S/C24H27N3O4/c1-4-6-13-27(5-2)22-15-19(24(29)30)18-14-16(11-12-20(18)26-22)25-23(28)17-9-7-8-10-21(17)31-3/h7-12,14-15H,4-6,13H2,1-3H3,(H,25,28)(H,29,30). The number of carbonyl (C=O) groups is 2. The number of hydrogen-bond acceptors (Lipinski definition) is 5. The molecule has 0 atom stereocenters. The highest BCUT2D eigenvalue weighted by molar-refractivity contribution is 6.09. The number of benzene rings is 2. The van der Waals surface area contributed by atoms with Gasteiger partial charge >= 0.3 is 5.97 Å². The third-order valence-corrected chi connectivity index (χ3v) is 5.12.